The Morgan fingerprint density at radius 1 is 1.44 bits per heavy atom. The lowest BCUT2D eigenvalue weighted by Gasteiger charge is -2.06. The van der Waals surface area contributed by atoms with Crippen LogP contribution >= 0.6 is 11.3 Å². The van der Waals surface area contributed by atoms with E-state index in [9.17, 15) is 14.3 Å². The van der Waals surface area contributed by atoms with Crippen molar-refractivity contribution in [2.75, 3.05) is 6.61 Å². The highest BCUT2D eigenvalue weighted by molar-refractivity contribution is 7.17. The molecule has 5 nitrogen and oxygen atoms in total. The lowest BCUT2D eigenvalue weighted by atomic mass is 10.2. The van der Waals surface area contributed by atoms with Gasteiger partial charge in [0.05, 0.1) is 5.69 Å². The van der Waals surface area contributed by atoms with Crippen LogP contribution in [0.2, 0.25) is 0 Å². The van der Waals surface area contributed by atoms with Gasteiger partial charge in [-0.25, -0.2) is 9.37 Å². The number of hydrogen-bond acceptors (Lipinski definition) is 5. The highest BCUT2D eigenvalue weighted by Gasteiger charge is 2.41. The van der Waals surface area contributed by atoms with Gasteiger partial charge in [-0.1, -0.05) is 6.07 Å². The summed E-state index contributed by atoms with van der Waals surface area (Å²) in [7, 11) is 0. The topological polar surface area (TPSA) is 63.8 Å². The van der Waals surface area contributed by atoms with Gasteiger partial charge in [0.15, 0.2) is 4.96 Å². The van der Waals surface area contributed by atoms with Crippen molar-refractivity contribution in [1.29, 1.82) is 0 Å². The van der Waals surface area contributed by atoms with Gasteiger partial charge in [0.2, 0.25) is 0 Å². The Kier molecular flexibility index (Phi) is 4.05. The molecule has 0 saturated heterocycles. The second kappa shape index (κ2) is 6.24. The summed E-state index contributed by atoms with van der Waals surface area (Å²) in [6, 6.07) is 7.32. The highest BCUT2D eigenvalue weighted by atomic mass is 32.1. The molecule has 25 heavy (non-hydrogen) atoms. The number of benzene rings is 1. The van der Waals surface area contributed by atoms with E-state index in [-0.39, 0.29) is 36.4 Å². The van der Waals surface area contributed by atoms with Crippen molar-refractivity contribution >= 4 is 16.3 Å². The van der Waals surface area contributed by atoms with E-state index in [0.717, 1.165) is 17.0 Å². The largest absolute Gasteiger partial charge is 0.487 e. The molecule has 1 aliphatic rings. The van der Waals surface area contributed by atoms with E-state index in [1.165, 1.54) is 29.5 Å². The first-order chi connectivity index (χ1) is 12.1. The van der Waals surface area contributed by atoms with Gasteiger partial charge in [-0.15, -0.1) is 11.3 Å². The lowest BCUT2D eigenvalue weighted by Crippen LogP contribution is -2.17. The van der Waals surface area contributed by atoms with Crippen LogP contribution in [0.1, 0.15) is 28.6 Å². The average Bonchev–Trinajstić information content (AvgIpc) is 3.28. The van der Waals surface area contributed by atoms with Crippen molar-refractivity contribution in [3.63, 3.8) is 0 Å². The number of ether oxygens (including phenoxy) is 1. The molecule has 1 aromatic carbocycles. The number of aromatic nitrogens is 2. The maximum atomic E-state index is 13.2. The molecule has 0 radical (unpaired) electrons. The predicted molar refractivity (Wildman–Crippen MR) is 92.7 cm³/mol. The van der Waals surface area contributed by atoms with Gasteiger partial charge in [0.1, 0.15) is 18.2 Å². The maximum Gasteiger partial charge on any atom is 0.259 e. The molecule has 2 heterocycles. The fourth-order valence-corrected chi connectivity index (χ4v) is 4.21. The van der Waals surface area contributed by atoms with E-state index in [4.69, 9.17) is 4.74 Å². The highest BCUT2D eigenvalue weighted by Crippen LogP contribution is 2.49. The second-order valence-electron chi connectivity index (χ2n) is 6.28. The first-order valence-electron chi connectivity index (χ1n) is 8.08. The fraction of sp³-hybridized carbons (Fsp3) is 0.333. The van der Waals surface area contributed by atoms with Crippen LogP contribution in [-0.2, 0) is 6.61 Å². The minimum Gasteiger partial charge on any atom is -0.487 e. The SMILES string of the molecule is Cc1sc2nc(COc3cccc(F)c3)cc(=O)n2c1[C@@H]1C[C@H]1CO. The number of aryl methyl sites for hydroxylation is 1. The summed E-state index contributed by atoms with van der Waals surface area (Å²) in [6.45, 7) is 2.22. The van der Waals surface area contributed by atoms with Crippen molar-refractivity contribution in [1.82, 2.24) is 9.38 Å². The number of nitrogens with zero attached hydrogens (tertiary/aromatic N) is 2. The molecule has 2 atom stereocenters. The molecule has 0 unspecified atom stereocenters. The minimum absolute atomic E-state index is 0.101. The van der Waals surface area contributed by atoms with Crippen molar-refractivity contribution in [3.05, 3.63) is 62.8 Å². The smallest absolute Gasteiger partial charge is 0.259 e. The zero-order valence-corrected chi connectivity index (χ0v) is 14.4. The van der Waals surface area contributed by atoms with Crippen molar-refractivity contribution < 1.29 is 14.2 Å². The Balaban J connectivity index is 1.63. The van der Waals surface area contributed by atoms with Crippen LogP contribution in [0.5, 0.6) is 5.75 Å². The summed E-state index contributed by atoms with van der Waals surface area (Å²) in [4.78, 5) is 18.8. The van der Waals surface area contributed by atoms with Crippen LogP contribution in [0.25, 0.3) is 4.96 Å². The predicted octanol–water partition coefficient (Wildman–Crippen LogP) is 2.88. The molecule has 0 aliphatic heterocycles. The van der Waals surface area contributed by atoms with Gasteiger partial charge in [-0.2, -0.15) is 0 Å². The lowest BCUT2D eigenvalue weighted by molar-refractivity contribution is 0.273. The van der Waals surface area contributed by atoms with Crippen molar-refractivity contribution in [3.8, 4) is 5.75 Å². The molecule has 0 bridgehead atoms. The number of aliphatic hydroxyl groups excluding tert-OH is 1. The Labute approximate surface area is 147 Å². The summed E-state index contributed by atoms with van der Waals surface area (Å²) < 4.78 is 20.4. The molecule has 3 aromatic rings. The van der Waals surface area contributed by atoms with Crippen LogP contribution in [-0.4, -0.2) is 21.1 Å². The quantitative estimate of drug-likeness (QED) is 0.760. The minimum atomic E-state index is -0.373. The van der Waals surface area contributed by atoms with Gasteiger partial charge in [-0.3, -0.25) is 9.20 Å². The van der Waals surface area contributed by atoms with E-state index in [1.807, 2.05) is 6.92 Å². The maximum absolute atomic E-state index is 13.2. The average molecular weight is 360 g/mol. The van der Waals surface area contributed by atoms with Gasteiger partial charge in [0.25, 0.3) is 5.56 Å². The Bertz CT molecular complexity index is 998. The van der Waals surface area contributed by atoms with Crippen molar-refractivity contribution in [2.24, 2.45) is 5.92 Å². The van der Waals surface area contributed by atoms with Crippen LogP contribution in [0.15, 0.2) is 35.1 Å². The molecule has 1 fully saturated rings. The van der Waals surface area contributed by atoms with Gasteiger partial charge < -0.3 is 9.84 Å². The van der Waals surface area contributed by atoms with Crippen LogP contribution < -0.4 is 10.3 Å². The summed E-state index contributed by atoms with van der Waals surface area (Å²) in [5.74, 6) is 0.489. The molecule has 2 aromatic heterocycles. The van der Waals surface area contributed by atoms with Crippen LogP contribution in [0.4, 0.5) is 4.39 Å². The van der Waals surface area contributed by atoms with E-state index in [1.54, 1.807) is 16.5 Å². The normalized spacial score (nSPS) is 19.3. The number of fused-ring (bicyclic) bond motifs is 1. The Morgan fingerprint density at radius 2 is 2.28 bits per heavy atom. The Hall–Kier alpha value is -2.25. The summed E-state index contributed by atoms with van der Waals surface area (Å²) in [5, 5.41) is 9.31. The van der Waals surface area contributed by atoms with E-state index in [2.05, 4.69) is 4.98 Å². The summed E-state index contributed by atoms with van der Waals surface area (Å²) in [6.07, 6.45) is 0.903. The van der Waals surface area contributed by atoms with E-state index >= 15 is 0 Å². The number of halogens is 1. The number of rotatable bonds is 5. The molecule has 4 rings (SSSR count). The Morgan fingerprint density at radius 3 is 3.00 bits per heavy atom. The van der Waals surface area contributed by atoms with Gasteiger partial charge in [-0.05, 0) is 31.4 Å². The third kappa shape index (κ3) is 3.05. The summed E-state index contributed by atoms with van der Waals surface area (Å²) in [5.41, 5.74) is 1.33. The third-order valence-electron chi connectivity index (χ3n) is 4.48. The number of thiazole rings is 1. The molecular weight excluding hydrogens is 343 g/mol. The van der Waals surface area contributed by atoms with Crippen LogP contribution in [0.3, 0.4) is 0 Å². The molecule has 1 saturated carbocycles. The monoisotopic (exact) mass is 360 g/mol. The van der Waals surface area contributed by atoms with Gasteiger partial charge >= 0.3 is 0 Å². The third-order valence-corrected chi connectivity index (χ3v) is 5.45. The zero-order valence-electron chi connectivity index (χ0n) is 13.6. The van der Waals surface area contributed by atoms with E-state index in [0.29, 0.717) is 16.4 Å². The molecule has 1 N–H and O–H groups in total. The van der Waals surface area contributed by atoms with Crippen LogP contribution in [0, 0.1) is 18.7 Å². The number of hydrogen-bond donors (Lipinski definition) is 1. The van der Waals surface area contributed by atoms with E-state index < -0.39 is 0 Å². The standard InChI is InChI=1S/C18H17FN2O3S/c1-10-17(15-5-11(15)8-22)21-16(23)7-13(20-18(21)25-10)9-24-14-4-2-3-12(19)6-14/h2-4,6-7,11,15,22H,5,8-9H2,1H3/t11-,15+/m0/s1. The summed E-state index contributed by atoms with van der Waals surface area (Å²) >= 11 is 1.47. The molecular formula is C18H17FN2O3S. The number of aliphatic hydroxyl groups is 1. The first-order valence-corrected chi connectivity index (χ1v) is 8.89. The van der Waals surface area contributed by atoms with Crippen molar-refractivity contribution in [2.45, 2.75) is 25.9 Å². The first kappa shape index (κ1) is 16.2. The molecule has 130 valence electrons. The van der Waals surface area contributed by atoms with Gasteiger partial charge in [0, 0.05) is 35.2 Å². The molecule has 0 amide bonds. The fourth-order valence-electron chi connectivity index (χ4n) is 3.14. The molecule has 7 heteroatoms. The second-order valence-corrected chi connectivity index (χ2v) is 7.46. The molecule has 0 spiro atoms. The zero-order chi connectivity index (χ0) is 17.6. The molecule has 1 aliphatic carbocycles.